The fourth-order valence-corrected chi connectivity index (χ4v) is 2.99. The SMILES string of the molecule is CC(=O)c1ccc2c(c1)CCN(Cc1ccccc1)CC2. The van der Waals surface area contributed by atoms with Crippen molar-refractivity contribution in [1.29, 1.82) is 0 Å². The molecular formula is C19H21NO. The van der Waals surface area contributed by atoms with Crippen LogP contribution in [0.2, 0.25) is 0 Å². The van der Waals surface area contributed by atoms with E-state index in [0.717, 1.165) is 38.0 Å². The van der Waals surface area contributed by atoms with Gasteiger partial charge in [-0.15, -0.1) is 0 Å². The number of ketones is 1. The van der Waals surface area contributed by atoms with Gasteiger partial charge in [0.05, 0.1) is 0 Å². The topological polar surface area (TPSA) is 20.3 Å². The molecular weight excluding hydrogens is 258 g/mol. The molecule has 0 amide bonds. The minimum atomic E-state index is 0.156. The van der Waals surface area contributed by atoms with E-state index >= 15 is 0 Å². The van der Waals surface area contributed by atoms with Crippen molar-refractivity contribution in [3.8, 4) is 0 Å². The van der Waals surface area contributed by atoms with Gasteiger partial charge in [0.25, 0.3) is 0 Å². The molecule has 21 heavy (non-hydrogen) atoms. The molecule has 3 rings (SSSR count). The van der Waals surface area contributed by atoms with Gasteiger partial charge in [0.2, 0.25) is 0 Å². The smallest absolute Gasteiger partial charge is 0.159 e. The highest BCUT2D eigenvalue weighted by Gasteiger charge is 2.15. The van der Waals surface area contributed by atoms with E-state index in [4.69, 9.17) is 0 Å². The van der Waals surface area contributed by atoms with Gasteiger partial charge in [0.1, 0.15) is 0 Å². The third-order valence-corrected chi connectivity index (χ3v) is 4.26. The van der Waals surface area contributed by atoms with Crippen LogP contribution in [0.3, 0.4) is 0 Å². The largest absolute Gasteiger partial charge is 0.298 e. The molecule has 1 aliphatic heterocycles. The van der Waals surface area contributed by atoms with Crippen LogP contribution in [0.1, 0.15) is 34.0 Å². The summed E-state index contributed by atoms with van der Waals surface area (Å²) in [6.07, 6.45) is 2.10. The quantitative estimate of drug-likeness (QED) is 0.802. The number of hydrogen-bond acceptors (Lipinski definition) is 2. The molecule has 0 saturated heterocycles. The van der Waals surface area contributed by atoms with E-state index in [1.54, 1.807) is 6.92 Å². The van der Waals surface area contributed by atoms with Crippen molar-refractivity contribution in [1.82, 2.24) is 4.90 Å². The average Bonchev–Trinajstić information content (AvgIpc) is 2.70. The lowest BCUT2D eigenvalue weighted by Gasteiger charge is -2.19. The zero-order chi connectivity index (χ0) is 14.7. The number of fused-ring (bicyclic) bond motifs is 1. The van der Waals surface area contributed by atoms with E-state index in [1.165, 1.54) is 16.7 Å². The number of carbonyl (C=O) groups excluding carboxylic acids is 1. The van der Waals surface area contributed by atoms with E-state index < -0.39 is 0 Å². The second kappa shape index (κ2) is 6.23. The van der Waals surface area contributed by atoms with Gasteiger partial charge in [-0.05, 0) is 42.5 Å². The lowest BCUT2D eigenvalue weighted by Crippen LogP contribution is -2.25. The Hall–Kier alpha value is -1.93. The van der Waals surface area contributed by atoms with Crippen molar-refractivity contribution in [3.63, 3.8) is 0 Å². The zero-order valence-corrected chi connectivity index (χ0v) is 12.5. The van der Waals surface area contributed by atoms with E-state index in [9.17, 15) is 4.79 Å². The van der Waals surface area contributed by atoms with Crippen molar-refractivity contribution in [2.75, 3.05) is 13.1 Å². The molecule has 0 aromatic heterocycles. The average molecular weight is 279 g/mol. The monoisotopic (exact) mass is 279 g/mol. The summed E-state index contributed by atoms with van der Waals surface area (Å²) in [5.74, 6) is 0.156. The van der Waals surface area contributed by atoms with E-state index in [1.807, 2.05) is 6.07 Å². The maximum absolute atomic E-state index is 11.5. The van der Waals surface area contributed by atoms with Gasteiger partial charge in [-0.25, -0.2) is 0 Å². The second-order valence-electron chi connectivity index (χ2n) is 5.80. The summed E-state index contributed by atoms with van der Waals surface area (Å²) in [5.41, 5.74) is 4.95. The van der Waals surface area contributed by atoms with Gasteiger partial charge < -0.3 is 0 Å². The molecule has 0 saturated carbocycles. The van der Waals surface area contributed by atoms with Crippen molar-refractivity contribution >= 4 is 5.78 Å². The molecule has 0 unspecified atom stereocenters. The predicted molar refractivity (Wildman–Crippen MR) is 85.6 cm³/mol. The molecule has 2 aromatic carbocycles. The maximum Gasteiger partial charge on any atom is 0.159 e. The van der Waals surface area contributed by atoms with E-state index in [2.05, 4.69) is 47.4 Å². The van der Waals surface area contributed by atoms with Crippen LogP contribution in [-0.2, 0) is 19.4 Å². The Balaban J connectivity index is 1.72. The van der Waals surface area contributed by atoms with Crippen molar-refractivity contribution in [2.45, 2.75) is 26.3 Å². The predicted octanol–water partition coefficient (Wildman–Crippen LogP) is 3.49. The molecule has 2 heteroatoms. The summed E-state index contributed by atoms with van der Waals surface area (Å²) >= 11 is 0. The van der Waals surface area contributed by atoms with Gasteiger partial charge in [0.15, 0.2) is 5.78 Å². The molecule has 0 aliphatic carbocycles. The first kappa shape index (κ1) is 14.0. The first-order valence-electron chi connectivity index (χ1n) is 7.61. The standard InChI is InChI=1S/C19H21NO/c1-15(21)18-8-7-17-9-11-20(12-10-19(17)13-18)14-16-5-3-2-4-6-16/h2-8,13H,9-12,14H2,1H3. The van der Waals surface area contributed by atoms with Crippen LogP contribution in [-0.4, -0.2) is 23.8 Å². The van der Waals surface area contributed by atoms with E-state index in [0.29, 0.717) is 0 Å². The highest BCUT2D eigenvalue weighted by atomic mass is 16.1. The molecule has 0 bridgehead atoms. The van der Waals surface area contributed by atoms with Crippen LogP contribution in [0, 0.1) is 0 Å². The molecule has 1 aliphatic rings. The molecule has 0 radical (unpaired) electrons. The lowest BCUT2D eigenvalue weighted by molar-refractivity contribution is 0.101. The number of rotatable bonds is 3. The Morgan fingerprint density at radius 2 is 1.71 bits per heavy atom. The Morgan fingerprint density at radius 1 is 1.00 bits per heavy atom. The zero-order valence-electron chi connectivity index (χ0n) is 12.5. The molecule has 2 nitrogen and oxygen atoms in total. The Kier molecular flexibility index (Phi) is 4.16. The minimum absolute atomic E-state index is 0.156. The molecule has 108 valence electrons. The maximum atomic E-state index is 11.5. The van der Waals surface area contributed by atoms with Crippen molar-refractivity contribution in [3.05, 3.63) is 70.8 Å². The summed E-state index contributed by atoms with van der Waals surface area (Å²) in [5, 5.41) is 0. The summed E-state index contributed by atoms with van der Waals surface area (Å²) in [7, 11) is 0. The number of benzene rings is 2. The Labute approximate surface area is 126 Å². The first-order chi connectivity index (χ1) is 10.2. The fourth-order valence-electron chi connectivity index (χ4n) is 2.99. The summed E-state index contributed by atoms with van der Waals surface area (Å²) in [6.45, 7) is 4.79. The molecule has 2 aromatic rings. The Bertz CT molecular complexity index is 633. The minimum Gasteiger partial charge on any atom is -0.298 e. The molecule has 0 atom stereocenters. The van der Waals surface area contributed by atoms with Gasteiger partial charge in [-0.3, -0.25) is 9.69 Å². The van der Waals surface area contributed by atoms with Crippen LogP contribution < -0.4 is 0 Å². The molecule has 0 N–H and O–H groups in total. The third-order valence-electron chi connectivity index (χ3n) is 4.26. The van der Waals surface area contributed by atoms with Crippen LogP contribution in [0.25, 0.3) is 0 Å². The number of hydrogen-bond donors (Lipinski definition) is 0. The molecule has 0 spiro atoms. The highest BCUT2D eigenvalue weighted by Crippen LogP contribution is 2.19. The van der Waals surface area contributed by atoms with Gasteiger partial charge in [-0.2, -0.15) is 0 Å². The summed E-state index contributed by atoms with van der Waals surface area (Å²) in [4.78, 5) is 14.0. The first-order valence-corrected chi connectivity index (χ1v) is 7.61. The Morgan fingerprint density at radius 3 is 2.43 bits per heavy atom. The molecule has 0 fully saturated rings. The number of Topliss-reactive ketones (excluding diaryl/α,β-unsaturated/α-hetero) is 1. The number of nitrogens with zero attached hydrogens (tertiary/aromatic N) is 1. The van der Waals surface area contributed by atoms with Gasteiger partial charge >= 0.3 is 0 Å². The highest BCUT2D eigenvalue weighted by molar-refractivity contribution is 5.94. The van der Waals surface area contributed by atoms with Gasteiger partial charge in [0, 0.05) is 25.2 Å². The van der Waals surface area contributed by atoms with Gasteiger partial charge in [-0.1, -0.05) is 42.5 Å². The molecule has 1 heterocycles. The van der Waals surface area contributed by atoms with Crippen LogP contribution in [0.5, 0.6) is 0 Å². The summed E-state index contributed by atoms with van der Waals surface area (Å²) < 4.78 is 0. The normalized spacial score (nSPS) is 15.3. The fraction of sp³-hybridized carbons (Fsp3) is 0.316. The lowest BCUT2D eigenvalue weighted by atomic mass is 9.99. The van der Waals surface area contributed by atoms with Crippen molar-refractivity contribution in [2.24, 2.45) is 0 Å². The van der Waals surface area contributed by atoms with Crippen molar-refractivity contribution < 1.29 is 4.79 Å². The van der Waals surface area contributed by atoms with E-state index in [-0.39, 0.29) is 5.78 Å². The summed E-state index contributed by atoms with van der Waals surface area (Å²) in [6, 6.07) is 16.8. The third kappa shape index (κ3) is 3.40. The van der Waals surface area contributed by atoms with Crippen LogP contribution >= 0.6 is 0 Å². The van der Waals surface area contributed by atoms with Crippen LogP contribution in [0.15, 0.2) is 48.5 Å². The second-order valence-corrected chi connectivity index (χ2v) is 5.80. The van der Waals surface area contributed by atoms with Crippen LogP contribution in [0.4, 0.5) is 0 Å². The number of carbonyl (C=O) groups is 1.